The van der Waals surface area contributed by atoms with E-state index in [1.165, 1.54) is 28.6 Å². The molecule has 0 aromatic heterocycles. The highest BCUT2D eigenvalue weighted by Crippen LogP contribution is 2.28. The van der Waals surface area contributed by atoms with Crippen LogP contribution in [0.5, 0.6) is 0 Å². The van der Waals surface area contributed by atoms with Crippen molar-refractivity contribution in [3.63, 3.8) is 0 Å². The third kappa shape index (κ3) is 3.81. The van der Waals surface area contributed by atoms with E-state index in [2.05, 4.69) is 5.32 Å². The van der Waals surface area contributed by atoms with Crippen LogP contribution in [0.1, 0.15) is 25.7 Å². The molecule has 1 aromatic rings. The quantitative estimate of drug-likeness (QED) is 0.764. The third-order valence-corrected chi connectivity index (χ3v) is 6.82. The van der Waals surface area contributed by atoms with Crippen LogP contribution in [0.3, 0.4) is 0 Å². The molecule has 1 aliphatic carbocycles. The van der Waals surface area contributed by atoms with Crippen molar-refractivity contribution in [1.82, 2.24) is 4.31 Å². The highest BCUT2D eigenvalue weighted by molar-refractivity contribution is 7.89. The van der Waals surface area contributed by atoms with E-state index in [9.17, 15) is 23.1 Å². The summed E-state index contributed by atoms with van der Waals surface area (Å²) in [6.07, 6.45) is 6.04. The molecular weight excluding hydrogens is 356 g/mol. The maximum Gasteiger partial charge on any atom is 0.307 e. The van der Waals surface area contributed by atoms with E-state index >= 15 is 0 Å². The summed E-state index contributed by atoms with van der Waals surface area (Å²) in [7, 11) is -3.49. The molecule has 2 N–H and O–H groups in total. The van der Waals surface area contributed by atoms with Gasteiger partial charge in [-0.1, -0.05) is 12.2 Å². The lowest BCUT2D eigenvalue weighted by atomic mass is 9.82. The molecule has 0 unspecified atom stereocenters. The molecule has 0 bridgehead atoms. The zero-order chi connectivity index (χ0) is 18.7. The SMILES string of the molecule is O=C(O)[C@@H]1CC=CC[C@H]1C(=O)Nc1ccc(S(=O)(=O)N2CCCC2)cc1. The van der Waals surface area contributed by atoms with Crippen molar-refractivity contribution in [2.24, 2.45) is 11.8 Å². The van der Waals surface area contributed by atoms with E-state index in [4.69, 9.17) is 0 Å². The lowest BCUT2D eigenvalue weighted by Crippen LogP contribution is -2.34. The van der Waals surface area contributed by atoms with Gasteiger partial charge >= 0.3 is 5.97 Å². The number of hydrogen-bond acceptors (Lipinski definition) is 4. The second kappa shape index (κ2) is 7.59. The van der Waals surface area contributed by atoms with Gasteiger partial charge in [0.15, 0.2) is 0 Å². The number of aliphatic carboxylic acids is 1. The van der Waals surface area contributed by atoms with Crippen LogP contribution in [0.2, 0.25) is 0 Å². The Labute approximate surface area is 152 Å². The van der Waals surface area contributed by atoms with E-state index in [0.717, 1.165) is 12.8 Å². The lowest BCUT2D eigenvalue weighted by Gasteiger charge is -2.24. The predicted octanol–water partition coefficient (Wildman–Crippen LogP) is 2.08. The van der Waals surface area contributed by atoms with Crippen molar-refractivity contribution in [2.75, 3.05) is 18.4 Å². The summed E-state index contributed by atoms with van der Waals surface area (Å²) in [5, 5.41) is 12.0. The minimum Gasteiger partial charge on any atom is -0.481 e. The van der Waals surface area contributed by atoms with Gasteiger partial charge in [0, 0.05) is 18.8 Å². The van der Waals surface area contributed by atoms with Crippen molar-refractivity contribution >= 4 is 27.6 Å². The number of nitrogens with one attached hydrogen (secondary N) is 1. The van der Waals surface area contributed by atoms with Gasteiger partial charge in [0.05, 0.1) is 16.7 Å². The molecule has 1 amide bonds. The van der Waals surface area contributed by atoms with Gasteiger partial charge in [0.25, 0.3) is 0 Å². The fourth-order valence-corrected chi connectivity index (χ4v) is 4.92. The molecule has 2 atom stereocenters. The Morgan fingerprint density at radius 1 is 1.00 bits per heavy atom. The summed E-state index contributed by atoms with van der Waals surface area (Å²) < 4.78 is 26.5. The molecule has 26 heavy (non-hydrogen) atoms. The van der Waals surface area contributed by atoms with E-state index in [1.807, 2.05) is 6.08 Å². The minimum absolute atomic E-state index is 0.196. The highest BCUT2D eigenvalue weighted by Gasteiger charge is 2.34. The first-order chi connectivity index (χ1) is 12.4. The van der Waals surface area contributed by atoms with Gasteiger partial charge in [-0.3, -0.25) is 9.59 Å². The van der Waals surface area contributed by atoms with Crippen LogP contribution in [0, 0.1) is 11.8 Å². The number of carbonyl (C=O) groups is 2. The van der Waals surface area contributed by atoms with Gasteiger partial charge in [0.2, 0.25) is 15.9 Å². The van der Waals surface area contributed by atoms with Crippen LogP contribution < -0.4 is 5.32 Å². The topological polar surface area (TPSA) is 104 Å². The number of hydrogen-bond donors (Lipinski definition) is 2. The Bertz CT molecular complexity index is 810. The molecule has 1 aliphatic heterocycles. The summed E-state index contributed by atoms with van der Waals surface area (Å²) in [5.41, 5.74) is 0.453. The van der Waals surface area contributed by atoms with Gasteiger partial charge < -0.3 is 10.4 Å². The van der Waals surface area contributed by atoms with E-state index in [0.29, 0.717) is 31.6 Å². The number of carboxylic acids is 1. The highest BCUT2D eigenvalue weighted by atomic mass is 32.2. The number of carboxylic acid groups (broad SMARTS) is 1. The van der Waals surface area contributed by atoms with Crippen molar-refractivity contribution in [3.05, 3.63) is 36.4 Å². The Morgan fingerprint density at radius 2 is 1.58 bits per heavy atom. The summed E-state index contributed by atoms with van der Waals surface area (Å²) in [6.45, 7) is 1.07. The van der Waals surface area contributed by atoms with Crippen molar-refractivity contribution in [1.29, 1.82) is 0 Å². The fraction of sp³-hybridized carbons (Fsp3) is 0.444. The molecule has 8 heteroatoms. The first-order valence-corrected chi connectivity index (χ1v) is 10.1. The minimum atomic E-state index is -3.49. The summed E-state index contributed by atoms with van der Waals surface area (Å²) in [5.74, 6) is -2.72. The number of anilines is 1. The van der Waals surface area contributed by atoms with Gasteiger partial charge in [-0.15, -0.1) is 0 Å². The number of rotatable bonds is 5. The Morgan fingerprint density at radius 3 is 2.15 bits per heavy atom. The van der Waals surface area contributed by atoms with Crippen LogP contribution in [-0.2, 0) is 19.6 Å². The molecule has 0 saturated carbocycles. The molecule has 7 nitrogen and oxygen atoms in total. The molecule has 1 aromatic carbocycles. The largest absolute Gasteiger partial charge is 0.481 e. The number of allylic oxidation sites excluding steroid dienone is 2. The summed E-state index contributed by atoms with van der Waals surface area (Å²) >= 11 is 0. The fourth-order valence-electron chi connectivity index (χ4n) is 3.40. The van der Waals surface area contributed by atoms with E-state index < -0.39 is 27.8 Å². The third-order valence-electron chi connectivity index (χ3n) is 4.91. The molecule has 3 rings (SSSR count). The van der Waals surface area contributed by atoms with Gasteiger partial charge in [-0.2, -0.15) is 4.31 Å². The average molecular weight is 378 g/mol. The number of sulfonamides is 1. The first-order valence-electron chi connectivity index (χ1n) is 8.68. The van der Waals surface area contributed by atoms with Crippen molar-refractivity contribution < 1.29 is 23.1 Å². The molecule has 1 heterocycles. The van der Waals surface area contributed by atoms with Crippen LogP contribution in [0.15, 0.2) is 41.3 Å². The van der Waals surface area contributed by atoms with Crippen molar-refractivity contribution in [2.45, 2.75) is 30.6 Å². The molecule has 140 valence electrons. The molecule has 2 aliphatic rings. The standard InChI is InChI=1S/C18H22N2O5S/c21-17(15-5-1-2-6-16(15)18(22)23)19-13-7-9-14(10-8-13)26(24,25)20-11-3-4-12-20/h1-2,7-10,15-16H,3-6,11-12H2,(H,19,21)(H,22,23)/t15-,16-/m1/s1. The number of carbonyl (C=O) groups excluding carboxylic acids is 1. The van der Waals surface area contributed by atoms with Crippen LogP contribution >= 0.6 is 0 Å². The first kappa shape index (κ1) is 18.6. The van der Waals surface area contributed by atoms with Gasteiger partial charge in [-0.05, 0) is 49.9 Å². The number of nitrogens with zero attached hydrogens (tertiary/aromatic N) is 1. The van der Waals surface area contributed by atoms with Gasteiger partial charge in [0.1, 0.15) is 0 Å². The number of benzene rings is 1. The van der Waals surface area contributed by atoms with Gasteiger partial charge in [-0.25, -0.2) is 8.42 Å². The summed E-state index contributed by atoms with van der Waals surface area (Å²) in [6, 6.07) is 6.02. The number of amides is 1. The normalized spacial score (nSPS) is 23.7. The smallest absolute Gasteiger partial charge is 0.307 e. The zero-order valence-electron chi connectivity index (χ0n) is 14.3. The molecule has 1 saturated heterocycles. The summed E-state index contributed by atoms with van der Waals surface area (Å²) in [4.78, 5) is 24.0. The average Bonchev–Trinajstić information content (AvgIpc) is 3.17. The molecule has 0 spiro atoms. The Balaban J connectivity index is 1.70. The van der Waals surface area contributed by atoms with Crippen LogP contribution in [-0.4, -0.2) is 42.8 Å². The molecular formula is C18H22N2O5S. The molecule has 1 fully saturated rings. The lowest BCUT2D eigenvalue weighted by molar-refractivity contribution is -0.146. The van der Waals surface area contributed by atoms with Crippen LogP contribution in [0.4, 0.5) is 5.69 Å². The monoisotopic (exact) mass is 378 g/mol. The second-order valence-electron chi connectivity index (χ2n) is 6.62. The van der Waals surface area contributed by atoms with Crippen molar-refractivity contribution in [3.8, 4) is 0 Å². The maximum atomic E-state index is 12.5. The predicted molar refractivity (Wildman–Crippen MR) is 96.1 cm³/mol. The molecule has 0 radical (unpaired) electrons. The maximum absolute atomic E-state index is 12.5. The zero-order valence-corrected chi connectivity index (χ0v) is 15.1. The Hall–Kier alpha value is -2.19. The van der Waals surface area contributed by atoms with Crippen LogP contribution in [0.25, 0.3) is 0 Å². The van der Waals surface area contributed by atoms with E-state index in [1.54, 1.807) is 6.08 Å². The Kier molecular flexibility index (Phi) is 5.43. The van der Waals surface area contributed by atoms with E-state index in [-0.39, 0.29) is 10.8 Å². The second-order valence-corrected chi connectivity index (χ2v) is 8.56.